The number of hydrogen-bond acceptors (Lipinski definition) is 2. The average molecular weight is 254 g/mol. The molecule has 0 atom stereocenters. The number of aryl methyl sites for hydroxylation is 1. The van der Waals surface area contributed by atoms with Gasteiger partial charge in [0, 0.05) is 4.88 Å². The second-order valence-corrected chi connectivity index (χ2v) is 4.58. The molecule has 88 valence electrons. The fourth-order valence-corrected chi connectivity index (χ4v) is 2.61. The number of carboxylic acids is 1. The third kappa shape index (κ3) is 2.06. The topological polar surface area (TPSA) is 37.3 Å². The van der Waals surface area contributed by atoms with Gasteiger partial charge in [-0.05, 0) is 30.7 Å². The molecular formula is C12H8F2O2S. The van der Waals surface area contributed by atoms with E-state index in [4.69, 9.17) is 5.11 Å². The van der Waals surface area contributed by atoms with Crippen molar-refractivity contribution < 1.29 is 18.7 Å². The molecule has 0 radical (unpaired) electrons. The smallest absolute Gasteiger partial charge is 0.345 e. The van der Waals surface area contributed by atoms with Crippen molar-refractivity contribution in [3.05, 3.63) is 46.3 Å². The maximum Gasteiger partial charge on any atom is 0.345 e. The van der Waals surface area contributed by atoms with Crippen LogP contribution in [0, 0.1) is 18.6 Å². The van der Waals surface area contributed by atoms with Crippen LogP contribution in [0.25, 0.3) is 10.4 Å². The van der Waals surface area contributed by atoms with E-state index in [1.54, 1.807) is 6.92 Å². The van der Waals surface area contributed by atoms with Crippen molar-refractivity contribution in [1.82, 2.24) is 0 Å². The van der Waals surface area contributed by atoms with Crippen molar-refractivity contribution in [1.29, 1.82) is 0 Å². The van der Waals surface area contributed by atoms with Gasteiger partial charge in [0.1, 0.15) is 16.5 Å². The molecule has 0 amide bonds. The van der Waals surface area contributed by atoms with Crippen LogP contribution in [0.1, 0.15) is 15.2 Å². The summed E-state index contributed by atoms with van der Waals surface area (Å²) in [5.74, 6) is -2.47. The molecule has 5 heteroatoms. The number of hydrogen-bond donors (Lipinski definition) is 1. The van der Waals surface area contributed by atoms with Gasteiger partial charge in [-0.3, -0.25) is 0 Å². The van der Waals surface area contributed by atoms with Crippen LogP contribution < -0.4 is 0 Å². The number of carboxylic acid groups (broad SMARTS) is 1. The second-order valence-electron chi connectivity index (χ2n) is 3.52. The highest BCUT2D eigenvalue weighted by Crippen LogP contribution is 2.35. The van der Waals surface area contributed by atoms with Gasteiger partial charge in [-0.1, -0.05) is 6.07 Å². The number of halogens is 2. The number of rotatable bonds is 2. The molecule has 0 fully saturated rings. The summed E-state index contributed by atoms with van der Waals surface area (Å²) in [5, 5.41) is 8.83. The molecule has 0 aliphatic rings. The summed E-state index contributed by atoms with van der Waals surface area (Å²) in [5.41, 5.74) is 0.388. The summed E-state index contributed by atoms with van der Waals surface area (Å²) in [4.78, 5) is 11.2. The summed E-state index contributed by atoms with van der Waals surface area (Å²) in [6, 6.07) is 4.99. The summed E-state index contributed by atoms with van der Waals surface area (Å²) in [7, 11) is 0. The second kappa shape index (κ2) is 4.25. The van der Waals surface area contributed by atoms with E-state index in [1.807, 2.05) is 0 Å². The Morgan fingerprint density at radius 2 is 1.88 bits per heavy atom. The first-order chi connectivity index (χ1) is 8.00. The number of benzene rings is 1. The van der Waals surface area contributed by atoms with Gasteiger partial charge in [0.2, 0.25) is 0 Å². The zero-order chi connectivity index (χ0) is 12.6. The maximum absolute atomic E-state index is 13.5. The van der Waals surface area contributed by atoms with Crippen LogP contribution in [0.15, 0.2) is 24.3 Å². The molecule has 1 aromatic heterocycles. The van der Waals surface area contributed by atoms with Crippen LogP contribution in [0.2, 0.25) is 0 Å². The van der Waals surface area contributed by atoms with Crippen LogP contribution in [-0.2, 0) is 0 Å². The van der Waals surface area contributed by atoms with Crippen molar-refractivity contribution in [3.8, 4) is 10.4 Å². The Morgan fingerprint density at radius 1 is 1.29 bits per heavy atom. The fraction of sp³-hybridized carbons (Fsp3) is 0.0833. The molecule has 1 aromatic carbocycles. The summed E-state index contributed by atoms with van der Waals surface area (Å²) in [6.07, 6.45) is 0. The summed E-state index contributed by atoms with van der Waals surface area (Å²) in [6.45, 7) is 1.63. The molecule has 1 N–H and O–H groups in total. The Labute approximate surface area is 100 Å². The van der Waals surface area contributed by atoms with Crippen LogP contribution in [0.3, 0.4) is 0 Å². The van der Waals surface area contributed by atoms with Gasteiger partial charge in [-0.15, -0.1) is 11.3 Å². The van der Waals surface area contributed by atoms with Crippen LogP contribution in [0.5, 0.6) is 0 Å². The van der Waals surface area contributed by atoms with E-state index in [2.05, 4.69) is 0 Å². The summed E-state index contributed by atoms with van der Waals surface area (Å²) < 4.78 is 27.1. The third-order valence-corrected chi connectivity index (χ3v) is 3.56. The Kier molecular flexibility index (Phi) is 2.93. The highest BCUT2D eigenvalue weighted by molar-refractivity contribution is 7.17. The van der Waals surface area contributed by atoms with E-state index < -0.39 is 17.6 Å². The van der Waals surface area contributed by atoms with Crippen molar-refractivity contribution in [2.24, 2.45) is 0 Å². The fourth-order valence-electron chi connectivity index (χ4n) is 1.55. The Balaban J connectivity index is 2.64. The van der Waals surface area contributed by atoms with Gasteiger partial charge >= 0.3 is 5.97 Å². The molecule has 2 aromatic rings. The SMILES string of the molecule is Cc1cc(C(=O)O)sc1-c1c(F)cccc1F. The normalized spacial score (nSPS) is 10.5. The standard InChI is InChI=1S/C12H8F2O2S/c1-6-5-9(12(15)16)17-11(6)10-7(13)3-2-4-8(10)14/h2-5H,1H3,(H,15,16). The number of carbonyl (C=O) groups is 1. The predicted molar refractivity (Wildman–Crippen MR) is 61.4 cm³/mol. The Hall–Kier alpha value is -1.75. The lowest BCUT2D eigenvalue weighted by Gasteiger charge is -2.03. The van der Waals surface area contributed by atoms with Crippen LogP contribution in [-0.4, -0.2) is 11.1 Å². The molecule has 0 saturated carbocycles. The molecule has 0 spiro atoms. The van der Waals surface area contributed by atoms with Gasteiger partial charge in [0.05, 0.1) is 5.56 Å². The molecule has 0 saturated heterocycles. The van der Waals surface area contributed by atoms with Crippen molar-refractivity contribution in [2.75, 3.05) is 0 Å². The number of thiophene rings is 1. The van der Waals surface area contributed by atoms with Gasteiger partial charge in [-0.25, -0.2) is 13.6 Å². The molecule has 2 nitrogen and oxygen atoms in total. The first-order valence-corrected chi connectivity index (χ1v) is 5.60. The quantitative estimate of drug-likeness (QED) is 0.887. The first kappa shape index (κ1) is 11.7. The Bertz CT molecular complexity index is 570. The Morgan fingerprint density at radius 3 is 2.35 bits per heavy atom. The highest BCUT2D eigenvalue weighted by Gasteiger charge is 2.18. The predicted octanol–water partition coefficient (Wildman–Crippen LogP) is 3.70. The lowest BCUT2D eigenvalue weighted by Crippen LogP contribution is -1.89. The molecular weight excluding hydrogens is 246 g/mol. The van der Waals surface area contributed by atoms with Crippen LogP contribution in [0.4, 0.5) is 8.78 Å². The minimum absolute atomic E-state index is 0.0696. The van der Waals surface area contributed by atoms with E-state index in [1.165, 1.54) is 12.1 Å². The molecule has 2 rings (SSSR count). The van der Waals surface area contributed by atoms with Crippen LogP contribution >= 0.6 is 11.3 Å². The number of aromatic carboxylic acids is 1. The van der Waals surface area contributed by atoms with E-state index in [-0.39, 0.29) is 10.4 Å². The maximum atomic E-state index is 13.5. The largest absolute Gasteiger partial charge is 0.477 e. The first-order valence-electron chi connectivity index (χ1n) is 4.79. The van der Waals surface area contributed by atoms with Crippen molar-refractivity contribution in [3.63, 3.8) is 0 Å². The zero-order valence-electron chi connectivity index (χ0n) is 8.83. The molecule has 0 unspecified atom stereocenters. The van der Waals surface area contributed by atoms with Gasteiger partial charge in [-0.2, -0.15) is 0 Å². The third-order valence-electron chi connectivity index (χ3n) is 2.32. The van der Waals surface area contributed by atoms with Gasteiger partial charge < -0.3 is 5.11 Å². The van der Waals surface area contributed by atoms with E-state index in [9.17, 15) is 13.6 Å². The highest BCUT2D eigenvalue weighted by atomic mass is 32.1. The monoisotopic (exact) mass is 254 g/mol. The summed E-state index contributed by atoms with van der Waals surface area (Å²) >= 11 is 0.869. The molecule has 0 bridgehead atoms. The van der Waals surface area contributed by atoms with Crippen molar-refractivity contribution >= 4 is 17.3 Å². The lowest BCUT2D eigenvalue weighted by molar-refractivity contribution is 0.0702. The average Bonchev–Trinajstić information content (AvgIpc) is 2.61. The van der Waals surface area contributed by atoms with E-state index in [0.29, 0.717) is 10.4 Å². The molecule has 0 aliphatic heterocycles. The van der Waals surface area contributed by atoms with Gasteiger partial charge in [0.15, 0.2) is 0 Å². The molecule has 17 heavy (non-hydrogen) atoms. The molecule has 0 aliphatic carbocycles. The van der Waals surface area contributed by atoms with Gasteiger partial charge in [0.25, 0.3) is 0 Å². The zero-order valence-corrected chi connectivity index (χ0v) is 9.65. The minimum Gasteiger partial charge on any atom is -0.477 e. The van der Waals surface area contributed by atoms with Crippen molar-refractivity contribution in [2.45, 2.75) is 6.92 Å². The minimum atomic E-state index is -1.10. The molecule has 1 heterocycles. The lowest BCUT2D eigenvalue weighted by atomic mass is 10.1. The van der Waals surface area contributed by atoms with E-state index >= 15 is 0 Å². The van der Waals surface area contributed by atoms with E-state index in [0.717, 1.165) is 23.5 Å².